The van der Waals surface area contributed by atoms with Crippen LogP contribution in [0.25, 0.3) is 17.1 Å². The van der Waals surface area contributed by atoms with Crippen molar-refractivity contribution in [2.75, 3.05) is 0 Å². The molecule has 0 saturated carbocycles. The molecule has 130 valence electrons. The molecule has 0 bridgehead atoms. The zero-order valence-electron chi connectivity index (χ0n) is 14.5. The van der Waals surface area contributed by atoms with Gasteiger partial charge in [-0.3, -0.25) is 4.57 Å². The van der Waals surface area contributed by atoms with Crippen molar-refractivity contribution >= 4 is 11.8 Å². The standard InChI is InChI=1S/C19H17N5OS/c1-13-7-6-8-15(11-13)18-21-22-19(24(18)16-9-4-3-5-10-16)26-12-17-20-14(2)25-23-17/h3-11H,12H2,1-2H3. The Morgan fingerprint density at radius 2 is 1.85 bits per heavy atom. The van der Waals surface area contributed by atoms with Crippen LogP contribution in [0.3, 0.4) is 0 Å². The number of hydrogen-bond acceptors (Lipinski definition) is 6. The van der Waals surface area contributed by atoms with Crippen LogP contribution in [-0.2, 0) is 5.75 Å². The number of hydrogen-bond donors (Lipinski definition) is 0. The molecule has 0 radical (unpaired) electrons. The molecule has 4 aromatic rings. The van der Waals surface area contributed by atoms with Crippen molar-refractivity contribution in [1.82, 2.24) is 24.9 Å². The monoisotopic (exact) mass is 363 g/mol. The predicted molar refractivity (Wildman–Crippen MR) is 100 cm³/mol. The Morgan fingerprint density at radius 1 is 1.00 bits per heavy atom. The van der Waals surface area contributed by atoms with Gasteiger partial charge in [0.05, 0.1) is 5.75 Å². The van der Waals surface area contributed by atoms with Crippen molar-refractivity contribution in [3.8, 4) is 17.1 Å². The van der Waals surface area contributed by atoms with Gasteiger partial charge in [-0.25, -0.2) is 0 Å². The Bertz CT molecular complexity index is 1030. The molecule has 0 fully saturated rings. The van der Waals surface area contributed by atoms with Gasteiger partial charge >= 0.3 is 0 Å². The van der Waals surface area contributed by atoms with Crippen LogP contribution < -0.4 is 0 Å². The lowest BCUT2D eigenvalue weighted by Crippen LogP contribution is -2.00. The summed E-state index contributed by atoms with van der Waals surface area (Å²) in [6, 6.07) is 18.4. The third-order valence-electron chi connectivity index (χ3n) is 3.82. The minimum Gasteiger partial charge on any atom is -0.340 e. The molecule has 7 heteroatoms. The normalized spacial score (nSPS) is 11.0. The molecule has 26 heavy (non-hydrogen) atoms. The van der Waals surface area contributed by atoms with E-state index in [4.69, 9.17) is 4.52 Å². The Balaban J connectivity index is 1.74. The molecule has 0 saturated heterocycles. The van der Waals surface area contributed by atoms with Gasteiger partial charge in [-0.1, -0.05) is 58.9 Å². The summed E-state index contributed by atoms with van der Waals surface area (Å²) < 4.78 is 7.10. The van der Waals surface area contributed by atoms with Crippen LogP contribution in [0.5, 0.6) is 0 Å². The third-order valence-corrected chi connectivity index (χ3v) is 4.75. The predicted octanol–water partition coefficient (Wildman–Crippen LogP) is 4.23. The van der Waals surface area contributed by atoms with Gasteiger partial charge in [0.25, 0.3) is 0 Å². The van der Waals surface area contributed by atoms with Crippen molar-refractivity contribution < 1.29 is 4.52 Å². The van der Waals surface area contributed by atoms with E-state index in [1.165, 1.54) is 17.3 Å². The second kappa shape index (κ2) is 7.13. The highest BCUT2D eigenvalue weighted by Gasteiger charge is 2.17. The summed E-state index contributed by atoms with van der Waals surface area (Å²) in [5.74, 6) is 2.58. The molecule has 2 heterocycles. The van der Waals surface area contributed by atoms with E-state index in [1.54, 1.807) is 6.92 Å². The van der Waals surface area contributed by atoms with E-state index in [0.29, 0.717) is 17.5 Å². The van der Waals surface area contributed by atoms with Crippen LogP contribution in [0, 0.1) is 13.8 Å². The van der Waals surface area contributed by atoms with Gasteiger partial charge in [0, 0.05) is 18.2 Å². The minimum atomic E-state index is 0.561. The highest BCUT2D eigenvalue weighted by atomic mass is 32.2. The molecular formula is C19H17N5OS. The van der Waals surface area contributed by atoms with Crippen LogP contribution in [0.2, 0.25) is 0 Å². The lowest BCUT2D eigenvalue weighted by Gasteiger charge is -2.10. The van der Waals surface area contributed by atoms with Crippen molar-refractivity contribution in [2.24, 2.45) is 0 Å². The van der Waals surface area contributed by atoms with Crippen LogP contribution in [-0.4, -0.2) is 24.9 Å². The first kappa shape index (κ1) is 16.5. The van der Waals surface area contributed by atoms with Gasteiger partial charge in [0.2, 0.25) is 5.89 Å². The fourth-order valence-electron chi connectivity index (χ4n) is 2.67. The summed E-state index contributed by atoms with van der Waals surface area (Å²) in [5.41, 5.74) is 3.23. The Kier molecular flexibility index (Phi) is 4.53. The van der Waals surface area contributed by atoms with Crippen LogP contribution in [0.4, 0.5) is 0 Å². The van der Waals surface area contributed by atoms with Gasteiger partial charge < -0.3 is 4.52 Å². The second-order valence-electron chi connectivity index (χ2n) is 5.86. The smallest absolute Gasteiger partial charge is 0.223 e. The molecule has 0 atom stereocenters. The highest BCUT2D eigenvalue weighted by molar-refractivity contribution is 7.98. The molecule has 0 unspecified atom stereocenters. The third kappa shape index (κ3) is 3.39. The summed E-state index contributed by atoms with van der Waals surface area (Å²) in [7, 11) is 0. The summed E-state index contributed by atoms with van der Waals surface area (Å²) in [4.78, 5) is 4.25. The van der Waals surface area contributed by atoms with E-state index in [0.717, 1.165) is 22.2 Å². The number of thioether (sulfide) groups is 1. The zero-order valence-corrected chi connectivity index (χ0v) is 15.3. The van der Waals surface area contributed by atoms with E-state index in [1.807, 2.05) is 42.5 Å². The largest absolute Gasteiger partial charge is 0.340 e. The lowest BCUT2D eigenvalue weighted by molar-refractivity contribution is 0.389. The Hall–Kier alpha value is -2.93. The first-order valence-electron chi connectivity index (χ1n) is 8.20. The van der Waals surface area contributed by atoms with Crippen LogP contribution in [0.1, 0.15) is 17.3 Å². The Morgan fingerprint density at radius 3 is 2.58 bits per heavy atom. The zero-order chi connectivity index (χ0) is 17.9. The van der Waals surface area contributed by atoms with Gasteiger partial charge in [-0.2, -0.15) is 4.98 Å². The molecule has 0 aliphatic rings. The van der Waals surface area contributed by atoms with Gasteiger partial charge in [0.1, 0.15) is 0 Å². The number of aryl methyl sites for hydroxylation is 2. The minimum absolute atomic E-state index is 0.561. The number of nitrogens with zero attached hydrogens (tertiary/aromatic N) is 5. The maximum atomic E-state index is 5.04. The fourth-order valence-corrected chi connectivity index (χ4v) is 3.47. The van der Waals surface area contributed by atoms with Crippen molar-refractivity contribution in [2.45, 2.75) is 24.8 Å². The van der Waals surface area contributed by atoms with E-state index < -0.39 is 0 Å². The molecule has 0 spiro atoms. The van der Waals surface area contributed by atoms with E-state index in [2.05, 4.69) is 44.0 Å². The van der Waals surface area contributed by atoms with Crippen LogP contribution >= 0.6 is 11.8 Å². The SMILES string of the molecule is Cc1cccc(-c2nnc(SCc3noc(C)n3)n2-c2ccccc2)c1. The first-order chi connectivity index (χ1) is 12.7. The first-order valence-corrected chi connectivity index (χ1v) is 9.19. The maximum Gasteiger partial charge on any atom is 0.223 e. The number of rotatable bonds is 5. The van der Waals surface area contributed by atoms with Gasteiger partial charge in [-0.05, 0) is 25.1 Å². The van der Waals surface area contributed by atoms with E-state index in [-0.39, 0.29) is 0 Å². The number of aromatic nitrogens is 5. The quantitative estimate of drug-likeness (QED) is 0.494. The molecule has 4 rings (SSSR count). The average molecular weight is 363 g/mol. The summed E-state index contributed by atoms with van der Waals surface area (Å²) in [6.07, 6.45) is 0. The Labute approximate surface area is 155 Å². The maximum absolute atomic E-state index is 5.04. The summed E-state index contributed by atoms with van der Waals surface area (Å²) >= 11 is 1.53. The van der Waals surface area contributed by atoms with Gasteiger partial charge in [0.15, 0.2) is 16.8 Å². The molecule has 2 aromatic heterocycles. The average Bonchev–Trinajstić information content (AvgIpc) is 3.26. The van der Waals surface area contributed by atoms with Crippen molar-refractivity contribution in [3.05, 3.63) is 71.9 Å². The molecular weight excluding hydrogens is 346 g/mol. The number of para-hydroxylation sites is 1. The molecule has 0 aliphatic heterocycles. The molecule has 0 amide bonds. The second-order valence-corrected chi connectivity index (χ2v) is 6.81. The summed E-state index contributed by atoms with van der Waals surface area (Å²) in [5, 5.41) is 13.6. The number of benzene rings is 2. The van der Waals surface area contributed by atoms with Gasteiger partial charge in [-0.15, -0.1) is 10.2 Å². The van der Waals surface area contributed by atoms with E-state index >= 15 is 0 Å². The molecule has 6 nitrogen and oxygen atoms in total. The van der Waals surface area contributed by atoms with Crippen LogP contribution in [0.15, 0.2) is 64.3 Å². The topological polar surface area (TPSA) is 69.6 Å². The molecule has 2 aromatic carbocycles. The molecule has 0 N–H and O–H groups in total. The molecule has 0 aliphatic carbocycles. The van der Waals surface area contributed by atoms with Crippen molar-refractivity contribution in [3.63, 3.8) is 0 Å². The lowest BCUT2D eigenvalue weighted by atomic mass is 10.1. The summed E-state index contributed by atoms with van der Waals surface area (Å²) in [6.45, 7) is 3.85. The fraction of sp³-hybridized carbons (Fsp3) is 0.158. The van der Waals surface area contributed by atoms with Crippen molar-refractivity contribution in [1.29, 1.82) is 0 Å². The van der Waals surface area contributed by atoms with E-state index in [9.17, 15) is 0 Å². The highest BCUT2D eigenvalue weighted by Crippen LogP contribution is 2.29.